The fraction of sp³-hybridized carbons (Fsp3) is 0.0833. The zero-order chi connectivity index (χ0) is 13.3. The second-order valence-corrected chi connectivity index (χ2v) is 4.44. The first-order valence-electron chi connectivity index (χ1n) is 5.01. The molecule has 18 heavy (non-hydrogen) atoms. The fourth-order valence-electron chi connectivity index (χ4n) is 1.45. The summed E-state index contributed by atoms with van der Waals surface area (Å²) >= 11 is 11.7. The largest absolute Gasteiger partial charge is 0.478 e. The van der Waals surface area contributed by atoms with Crippen LogP contribution in [0.3, 0.4) is 0 Å². The van der Waals surface area contributed by atoms with Gasteiger partial charge in [-0.25, -0.2) is 14.8 Å². The SMILES string of the molecule is Cc1nc(-c2ccc(Cl)c(Cl)c2)ncc1C(=O)O. The summed E-state index contributed by atoms with van der Waals surface area (Å²) in [6.07, 6.45) is 1.28. The van der Waals surface area contributed by atoms with Gasteiger partial charge in [-0.3, -0.25) is 0 Å². The van der Waals surface area contributed by atoms with Gasteiger partial charge in [0.15, 0.2) is 5.82 Å². The Labute approximate surface area is 113 Å². The van der Waals surface area contributed by atoms with E-state index in [0.717, 1.165) is 0 Å². The molecule has 1 N–H and O–H groups in total. The third-order valence-electron chi connectivity index (χ3n) is 2.39. The van der Waals surface area contributed by atoms with E-state index < -0.39 is 5.97 Å². The molecule has 0 aliphatic heterocycles. The summed E-state index contributed by atoms with van der Waals surface area (Å²) in [6.45, 7) is 1.62. The number of benzene rings is 1. The molecule has 0 bridgehead atoms. The van der Waals surface area contributed by atoms with Crippen molar-refractivity contribution in [2.75, 3.05) is 0 Å². The Hall–Kier alpha value is -1.65. The average molecular weight is 283 g/mol. The van der Waals surface area contributed by atoms with E-state index in [1.807, 2.05) is 0 Å². The summed E-state index contributed by atoms with van der Waals surface area (Å²) in [4.78, 5) is 19.0. The van der Waals surface area contributed by atoms with Crippen LogP contribution in [-0.2, 0) is 0 Å². The van der Waals surface area contributed by atoms with Gasteiger partial charge in [-0.15, -0.1) is 0 Å². The Kier molecular flexibility index (Phi) is 3.50. The maximum Gasteiger partial charge on any atom is 0.339 e. The molecule has 2 aromatic rings. The zero-order valence-electron chi connectivity index (χ0n) is 9.32. The van der Waals surface area contributed by atoms with Gasteiger partial charge in [-0.05, 0) is 25.1 Å². The number of aryl methyl sites for hydroxylation is 1. The number of carbonyl (C=O) groups is 1. The molecule has 0 saturated heterocycles. The molecule has 92 valence electrons. The molecular formula is C12H8Cl2N2O2. The Morgan fingerprint density at radius 3 is 2.56 bits per heavy atom. The number of nitrogens with zero attached hydrogens (tertiary/aromatic N) is 2. The van der Waals surface area contributed by atoms with Crippen LogP contribution in [0.5, 0.6) is 0 Å². The molecule has 6 heteroatoms. The number of carboxylic acid groups (broad SMARTS) is 1. The lowest BCUT2D eigenvalue weighted by atomic mass is 10.2. The quantitative estimate of drug-likeness (QED) is 0.916. The van der Waals surface area contributed by atoms with Gasteiger partial charge in [0.05, 0.1) is 21.3 Å². The normalized spacial score (nSPS) is 10.4. The van der Waals surface area contributed by atoms with Gasteiger partial charge in [-0.1, -0.05) is 23.2 Å². The lowest BCUT2D eigenvalue weighted by molar-refractivity contribution is 0.0695. The number of aromatic nitrogens is 2. The van der Waals surface area contributed by atoms with Crippen molar-refractivity contribution in [2.24, 2.45) is 0 Å². The van der Waals surface area contributed by atoms with Crippen molar-refractivity contribution >= 4 is 29.2 Å². The Bertz CT molecular complexity index is 629. The van der Waals surface area contributed by atoms with E-state index in [1.54, 1.807) is 25.1 Å². The van der Waals surface area contributed by atoms with Crippen LogP contribution in [-0.4, -0.2) is 21.0 Å². The van der Waals surface area contributed by atoms with Crippen LogP contribution in [0, 0.1) is 6.92 Å². The maximum absolute atomic E-state index is 10.8. The smallest absolute Gasteiger partial charge is 0.339 e. The predicted molar refractivity (Wildman–Crippen MR) is 69.2 cm³/mol. The lowest BCUT2D eigenvalue weighted by Crippen LogP contribution is -2.04. The highest BCUT2D eigenvalue weighted by Gasteiger charge is 2.11. The van der Waals surface area contributed by atoms with Crippen LogP contribution in [0.1, 0.15) is 16.1 Å². The van der Waals surface area contributed by atoms with Crippen molar-refractivity contribution < 1.29 is 9.90 Å². The van der Waals surface area contributed by atoms with E-state index >= 15 is 0 Å². The highest BCUT2D eigenvalue weighted by Crippen LogP contribution is 2.26. The zero-order valence-corrected chi connectivity index (χ0v) is 10.8. The van der Waals surface area contributed by atoms with Crippen molar-refractivity contribution in [2.45, 2.75) is 6.92 Å². The average Bonchev–Trinajstić information content (AvgIpc) is 2.32. The molecule has 0 saturated carbocycles. The third-order valence-corrected chi connectivity index (χ3v) is 3.13. The van der Waals surface area contributed by atoms with E-state index in [0.29, 0.717) is 27.1 Å². The van der Waals surface area contributed by atoms with Crippen molar-refractivity contribution in [3.63, 3.8) is 0 Å². The number of hydrogen-bond donors (Lipinski definition) is 1. The summed E-state index contributed by atoms with van der Waals surface area (Å²) in [6, 6.07) is 5.01. The Morgan fingerprint density at radius 1 is 1.28 bits per heavy atom. The molecule has 1 aromatic heterocycles. The van der Waals surface area contributed by atoms with E-state index in [1.165, 1.54) is 6.20 Å². The van der Waals surface area contributed by atoms with Gasteiger partial charge in [0.25, 0.3) is 0 Å². The lowest BCUT2D eigenvalue weighted by Gasteiger charge is -2.05. The fourth-order valence-corrected chi connectivity index (χ4v) is 1.75. The highest BCUT2D eigenvalue weighted by molar-refractivity contribution is 6.42. The third kappa shape index (κ3) is 2.44. The summed E-state index contributed by atoms with van der Waals surface area (Å²) in [5.41, 5.74) is 1.17. The molecule has 4 nitrogen and oxygen atoms in total. The number of carboxylic acids is 1. The van der Waals surface area contributed by atoms with Crippen LogP contribution in [0.15, 0.2) is 24.4 Å². The highest BCUT2D eigenvalue weighted by atomic mass is 35.5. The minimum atomic E-state index is -1.05. The second-order valence-electron chi connectivity index (χ2n) is 3.63. The molecule has 0 aliphatic rings. The first kappa shape index (κ1) is 12.8. The van der Waals surface area contributed by atoms with Gasteiger partial charge in [0.2, 0.25) is 0 Å². The van der Waals surface area contributed by atoms with Crippen LogP contribution < -0.4 is 0 Å². The van der Waals surface area contributed by atoms with Crippen LogP contribution >= 0.6 is 23.2 Å². The Morgan fingerprint density at radius 2 is 2.00 bits per heavy atom. The van der Waals surface area contributed by atoms with Crippen molar-refractivity contribution in [3.8, 4) is 11.4 Å². The summed E-state index contributed by atoms with van der Waals surface area (Å²) in [5, 5.41) is 9.73. The molecule has 0 amide bonds. The number of rotatable bonds is 2. The maximum atomic E-state index is 10.8. The number of hydrogen-bond acceptors (Lipinski definition) is 3. The second kappa shape index (κ2) is 4.92. The van der Waals surface area contributed by atoms with Gasteiger partial charge >= 0.3 is 5.97 Å². The topological polar surface area (TPSA) is 63.1 Å². The molecule has 0 spiro atoms. The van der Waals surface area contributed by atoms with Crippen molar-refractivity contribution in [1.82, 2.24) is 9.97 Å². The monoisotopic (exact) mass is 282 g/mol. The number of halogens is 2. The van der Waals surface area contributed by atoms with Gasteiger partial charge in [-0.2, -0.15) is 0 Å². The first-order valence-corrected chi connectivity index (χ1v) is 5.77. The van der Waals surface area contributed by atoms with Crippen LogP contribution in [0.25, 0.3) is 11.4 Å². The predicted octanol–water partition coefficient (Wildman–Crippen LogP) is 3.46. The standard InChI is InChI=1S/C12H8Cl2N2O2/c1-6-8(12(17)18)5-15-11(16-6)7-2-3-9(13)10(14)4-7/h2-5H,1H3,(H,17,18). The summed E-state index contributed by atoms with van der Waals surface area (Å²) in [5.74, 6) is -0.635. The van der Waals surface area contributed by atoms with Crippen molar-refractivity contribution in [1.29, 1.82) is 0 Å². The number of aromatic carboxylic acids is 1. The minimum absolute atomic E-state index is 0.0822. The van der Waals surface area contributed by atoms with E-state index in [9.17, 15) is 4.79 Å². The van der Waals surface area contributed by atoms with Gasteiger partial charge < -0.3 is 5.11 Å². The molecule has 0 radical (unpaired) electrons. The van der Waals surface area contributed by atoms with E-state index in [-0.39, 0.29) is 5.56 Å². The molecule has 0 atom stereocenters. The molecule has 2 rings (SSSR count). The van der Waals surface area contributed by atoms with Gasteiger partial charge in [0.1, 0.15) is 0 Å². The molecule has 0 aliphatic carbocycles. The Balaban J connectivity index is 2.48. The molecule has 1 heterocycles. The van der Waals surface area contributed by atoms with E-state index in [2.05, 4.69) is 9.97 Å². The molecule has 0 unspecified atom stereocenters. The minimum Gasteiger partial charge on any atom is -0.478 e. The summed E-state index contributed by atoms with van der Waals surface area (Å²) < 4.78 is 0. The van der Waals surface area contributed by atoms with Crippen LogP contribution in [0.2, 0.25) is 10.0 Å². The molecule has 1 aromatic carbocycles. The van der Waals surface area contributed by atoms with Crippen LogP contribution in [0.4, 0.5) is 0 Å². The first-order chi connectivity index (χ1) is 8.49. The molecular weight excluding hydrogens is 275 g/mol. The summed E-state index contributed by atoms with van der Waals surface area (Å²) in [7, 11) is 0. The van der Waals surface area contributed by atoms with E-state index in [4.69, 9.17) is 28.3 Å². The molecule has 0 fully saturated rings. The van der Waals surface area contributed by atoms with Gasteiger partial charge in [0, 0.05) is 11.8 Å². The van der Waals surface area contributed by atoms with Crippen molar-refractivity contribution in [3.05, 3.63) is 45.7 Å².